The van der Waals surface area contributed by atoms with Crippen LogP contribution in [-0.4, -0.2) is 40.0 Å². The smallest absolute Gasteiger partial charge is 0.241 e. The molecule has 22 heavy (non-hydrogen) atoms. The van der Waals surface area contributed by atoms with Gasteiger partial charge >= 0.3 is 0 Å². The van der Waals surface area contributed by atoms with Crippen molar-refractivity contribution in [3.8, 4) is 0 Å². The molecule has 0 fully saturated rings. The molecule has 0 bridgehead atoms. The summed E-state index contributed by atoms with van der Waals surface area (Å²) in [6.45, 7) is 14.2. The standard InChI is InChI=1S/C17H30N2O2S/c1-8-19(7)10-9-18-22(20,21)16-13(2)11-15(12-14(16)3)17(4,5)6/h11-12,18H,8-10H2,1-7H3. The minimum Gasteiger partial charge on any atom is -0.305 e. The molecule has 0 aliphatic carbocycles. The third-order valence-corrected chi connectivity index (χ3v) is 5.69. The third kappa shape index (κ3) is 4.80. The largest absolute Gasteiger partial charge is 0.305 e. The Morgan fingerprint density at radius 3 is 2.05 bits per heavy atom. The fourth-order valence-electron chi connectivity index (χ4n) is 2.41. The highest BCUT2D eigenvalue weighted by Gasteiger charge is 2.22. The van der Waals surface area contributed by atoms with Gasteiger partial charge in [0.2, 0.25) is 10.0 Å². The van der Waals surface area contributed by atoms with Crippen molar-refractivity contribution in [2.75, 3.05) is 26.7 Å². The first-order valence-corrected chi connectivity index (χ1v) is 9.27. The predicted octanol–water partition coefficient (Wildman–Crippen LogP) is 2.83. The Kier molecular flexibility index (Phi) is 6.18. The van der Waals surface area contributed by atoms with E-state index in [-0.39, 0.29) is 5.41 Å². The Labute approximate surface area is 136 Å². The molecule has 1 N–H and O–H groups in total. The van der Waals surface area contributed by atoms with Gasteiger partial charge in [0.15, 0.2) is 0 Å². The van der Waals surface area contributed by atoms with E-state index < -0.39 is 10.0 Å². The maximum Gasteiger partial charge on any atom is 0.241 e. The number of sulfonamides is 1. The Morgan fingerprint density at radius 2 is 1.64 bits per heavy atom. The van der Waals surface area contributed by atoms with Crippen molar-refractivity contribution in [3.05, 3.63) is 28.8 Å². The van der Waals surface area contributed by atoms with E-state index in [4.69, 9.17) is 0 Å². The third-order valence-electron chi connectivity index (χ3n) is 3.92. The van der Waals surface area contributed by atoms with Crippen LogP contribution in [-0.2, 0) is 15.4 Å². The molecule has 5 heteroatoms. The maximum atomic E-state index is 12.6. The lowest BCUT2D eigenvalue weighted by molar-refractivity contribution is 0.358. The zero-order valence-corrected chi connectivity index (χ0v) is 15.8. The number of nitrogens with zero attached hydrogens (tertiary/aromatic N) is 1. The van der Waals surface area contributed by atoms with Gasteiger partial charge in [-0.1, -0.05) is 39.8 Å². The SMILES string of the molecule is CCN(C)CCNS(=O)(=O)c1c(C)cc(C(C)(C)C)cc1C. The molecule has 0 saturated carbocycles. The molecule has 0 aliphatic rings. The van der Waals surface area contributed by atoms with Crippen molar-refractivity contribution in [1.82, 2.24) is 9.62 Å². The number of likely N-dealkylation sites (N-methyl/N-ethyl adjacent to an activating group) is 1. The van der Waals surface area contributed by atoms with E-state index in [1.54, 1.807) is 0 Å². The number of nitrogens with one attached hydrogen (secondary N) is 1. The van der Waals surface area contributed by atoms with Crippen molar-refractivity contribution >= 4 is 10.0 Å². The van der Waals surface area contributed by atoms with Crippen LogP contribution >= 0.6 is 0 Å². The highest BCUT2D eigenvalue weighted by Crippen LogP contribution is 2.28. The molecule has 0 aliphatic heterocycles. The van der Waals surface area contributed by atoms with Crippen LogP contribution in [0.1, 0.15) is 44.4 Å². The fraction of sp³-hybridized carbons (Fsp3) is 0.647. The van der Waals surface area contributed by atoms with Crippen LogP contribution < -0.4 is 4.72 Å². The van der Waals surface area contributed by atoms with E-state index in [9.17, 15) is 8.42 Å². The average molecular weight is 327 g/mol. The molecular weight excluding hydrogens is 296 g/mol. The zero-order valence-electron chi connectivity index (χ0n) is 14.9. The second-order valence-corrected chi connectivity index (χ2v) is 8.69. The lowest BCUT2D eigenvalue weighted by Crippen LogP contribution is -2.33. The normalized spacial score (nSPS) is 12.9. The lowest BCUT2D eigenvalue weighted by atomic mass is 9.85. The van der Waals surface area contributed by atoms with Gasteiger partial charge in [-0.25, -0.2) is 13.1 Å². The molecule has 0 unspecified atom stereocenters. The van der Waals surface area contributed by atoms with Crippen LogP contribution in [0.25, 0.3) is 0 Å². The summed E-state index contributed by atoms with van der Waals surface area (Å²) in [4.78, 5) is 2.49. The quantitative estimate of drug-likeness (QED) is 0.874. The molecule has 0 saturated heterocycles. The molecular formula is C17H30N2O2S. The maximum absolute atomic E-state index is 12.6. The molecule has 126 valence electrons. The first-order chi connectivity index (χ1) is 9.99. The summed E-state index contributed by atoms with van der Waals surface area (Å²) in [5, 5.41) is 0. The molecule has 0 amide bonds. The van der Waals surface area contributed by atoms with Crippen molar-refractivity contribution in [2.24, 2.45) is 0 Å². The van der Waals surface area contributed by atoms with E-state index in [1.165, 1.54) is 0 Å². The van der Waals surface area contributed by atoms with Gasteiger partial charge in [0.1, 0.15) is 0 Å². The number of hydrogen-bond acceptors (Lipinski definition) is 3. The van der Waals surface area contributed by atoms with E-state index in [1.807, 2.05) is 40.0 Å². The lowest BCUT2D eigenvalue weighted by Gasteiger charge is -2.22. The minimum absolute atomic E-state index is 0.00901. The summed E-state index contributed by atoms with van der Waals surface area (Å²) in [7, 11) is -1.49. The van der Waals surface area contributed by atoms with Crippen LogP contribution in [0, 0.1) is 13.8 Å². The van der Waals surface area contributed by atoms with Crippen molar-refractivity contribution < 1.29 is 8.42 Å². The molecule has 1 aromatic carbocycles. The van der Waals surface area contributed by atoms with Crippen molar-refractivity contribution in [2.45, 2.75) is 51.9 Å². The molecule has 0 atom stereocenters. The van der Waals surface area contributed by atoms with Gasteiger partial charge in [0, 0.05) is 13.1 Å². The van der Waals surface area contributed by atoms with Crippen molar-refractivity contribution in [3.63, 3.8) is 0 Å². The van der Waals surface area contributed by atoms with Gasteiger partial charge in [-0.15, -0.1) is 0 Å². The number of rotatable bonds is 6. The van der Waals surface area contributed by atoms with Crippen LogP contribution in [0.3, 0.4) is 0 Å². The second kappa shape index (κ2) is 7.11. The van der Waals surface area contributed by atoms with Crippen LogP contribution in [0.4, 0.5) is 0 Å². The molecule has 1 rings (SSSR count). The Morgan fingerprint density at radius 1 is 1.14 bits per heavy atom. The summed E-state index contributed by atoms with van der Waals surface area (Å²) in [6.07, 6.45) is 0. The second-order valence-electron chi connectivity index (χ2n) is 6.98. The van der Waals surface area contributed by atoms with Crippen LogP contribution in [0.2, 0.25) is 0 Å². The first-order valence-electron chi connectivity index (χ1n) is 7.79. The number of hydrogen-bond donors (Lipinski definition) is 1. The minimum atomic E-state index is -3.46. The Balaban J connectivity index is 3.05. The summed E-state index contributed by atoms with van der Waals surface area (Å²) in [5.41, 5.74) is 2.78. The van der Waals surface area contributed by atoms with E-state index in [0.29, 0.717) is 18.0 Å². The van der Waals surface area contributed by atoms with E-state index >= 15 is 0 Å². The molecule has 0 aromatic heterocycles. The van der Waals surface area contributed by atoms with Gasteiger partial charge < -0.3 is 4.90 Å². The van der Waals surface area contributed by atoms with Gasteiger partial charge in [-0.3, -0.25) is 0 Å². The summed E-state index contributed by atoms with van der Waals surface area (Å²) in [6, 6.07) is 3.97. The average Bonchev–Trinajstić information content (AvgIpc) is 2.35. The van der Waals surface area contributed by atoms with Crippen LogP contribution in [0.5, 0.6) is 0 Å². The first kappa shape index (κ1) is 19.1. The number of aryl methyl sites for hydroxylation is 2. The van der Waals surface area contributed by atoms with Gasteiger partial charge in [-0.05, 0) is 49.5 Å². The Hall–Kier alpha value is -0.910. The molecule has 0 radical (unpaired) electrons. The summed E-state index contributed by atoms with van der Waals surface area (Å²) in [5.74, 6) is 0. The number of benzene rings is 1. The summed E-state index contributed by atoms with van der Waals surface area (Å²) < 4.78 is 27.9. The zero-order chi connectivity index (χ0) is 17.1. The van der Waals surface area contributed by atoms with Crippen LogP contribution in [0.15, 0.2) is 17.0 Å². The van der Waals surface area contributed by atoms with Gasteiger partial charge in [-0.2, -0.15) is 0 Å². The van der Waals surface area contributed by atoms with Gasteiger partial charge in [0.05, 0.1) is 4.90 Å². The summed E-state index contributed by atoms with van der Waals surface area (Å²) >= 11 is 0. The molecule has 0 spiro atoms. The topological polar surface area (TPSA) is 49.4 Å². The van der Waals surface area contributed by atoms with Crippen molar-refractivity contribution in [1.29, 1.82) is 0 Å². The van der Waals surface area contributed by atoms with E-state index in [2.05, 4.69) is 30.4 Å². The molecule has 0 heterocycles. The molecule has 1 aromatic rings. The molecule has 4 nitrogen and oxygen atoms in total. The highest BCUT2D eigenvalue weighted by molar-refractivity contribution is 7.89. The fourth-order valence-corrected chi connectivity index (χ4v) is 3.88. The van der Waals surface area contributed by atoms with Gasteiger partial charge in [0.25, 0.3) is 0 Å². The predicted molar refractivity (Wildman–Crippen MR) is 93.0 cm³/mol. The highest BCUT2D eigenvalue weighted by atomic mass is 32.2. The van der Waals surface area contributed by atoms with E-state index in [0.717, 1.165) is 23.2 Å². The monoisotopic (exact) mass is 326 g/mol. The Bertz CT molecular complexity index is 593.